The number of nitrogens with one attached hydrogen (secondary N) is 2. The molecule has 0 aliphatic rings. The zero-order valence-corrected chi connectivity index (χ0v) is 15.2. The fraction of sp³-hybridized carbons (Fsp3) is 0.111. The smallest absolute Gasteiger partial charge is 0.229 e. The fourth-order valence-corrected chi connectivity index (χ4v) is 3.06. The standard InChI is InChI=1S/C18H19N5O2S/c1-12-6-7-15(9-16(12)23-26(2,24)25)22-18-10-17(20-11-21-18)13-4-3-5-14(19)8-13/h3-11,23H,19H2,1-2H3,(H,20,21,22). The third-order valence-electron chi connectivity index (χ3n) is 3.65. The van der Waals surface area contributed by atoms with Gasteiger partial charge in [-0.25, -0.2) is 18.4 Å². The predicted molar refractivity (Wildman–Crippen MR) is 105 cm³/mol. The highest BCUT2D eigenvalue weighted by Crippen LogP contribution is 2.25. The Morgan fingerprint density at radius 2 is 1.85 bits per heavy atom. The number of hydrogen-bond donors (Lipinski definition) is 3. The highest BCUT2D eigenvalue weighted by molar-refractivity contribution is 7.92. The van der Waals surface area contributed by atoms with Crippen LogP contribution in [0.1, 0.15) is 5.56 Å². The Hall–Kier alpha value is -3.13. The molecule has 0 unspecified atom stereocenters. The molecule has 3 aromatic rings. The van der Waals surface area contributed by atoms with Gasteiger partial charge in [0.1, 0.15) is 12.1 Å². The zero-order valence-electron chi connectivity index (χ0n) is 14.4. The summed E-state index contributed by atoms with van der Waals surface area (Å²) in [6.45, 7) is 1.83. The molecule has 0 radical (unpaired) electrons. The van der Waals surface area contributed by atoms with E-state index in [-0.39, 0.29) is 0 Å². The van der Waals surface area contributed by atoms with E-state index >= 15 is 0 Å². The highest BCUT2D eigenvalue weighted by Gasteiger charge is 2.08. The molecule has 0 fully saturated rings. The maximum atomic E-state index is 11.5. The normalized spacial score (nSPS) is 11.2. The molecule has 26 heavy (non-hydrogen) atoms. The van der Waals surface area contributed by atoms with Crippen LogP contribution in [0, 0.1) is 6.92 Å². The minimum absolute atomic E-state index is 0.516. The Morgan fingerprint density at radius 1 is 1.04 bits per heavy atom. The lowest BCUT2D eigenvalue weighted by Crippen LogP contribution is -2.10. The van der Waals surface area contributed by atoms with Crippen molar-refractivity contribution in [2.24, 2.45) is 0 Å². The molecule has 0 aliphatic heterocycles. The van der Waals surface area contributed by atoms with Crippen LogP contribution in [0.15, 0.2) is 54.9 Å². The zero-order chi connectivity index (χ0) is 18.7. The summed E-state index contributed by atoms with van der Waals surface area (Å²) in [4.78, 5) is 8.49. The van der Waals surface area contributed by atoms with Crippen LogP contribution >= 0.6 is 0 Å². The van der Waals surface area contributed by atoms with Gasteiger partial charge in [-0.3, -0.25) is 4.72 Å². The summed E-state index contributed by atoms with van der Waals surface area (Å²) < 4.78 is 25.5. The van der Waals surface area contributed by atoms with Gasteiger partial charge in [-0.1, -0.05) is 18.2 Å². The lowest BCUT2D eigenvalue weighted by molar-refractivity contribution is 0.607. The van der Waals surface area contributed by atoms with Gasteiger partial charge in [0.2, 0.25) is 10.0 Å². The lowest BCUT2D eigenvalue weighted by atomic mass is 10.1. The van der Waals surface area contributed by atoms with Crippen molar-refractivity contribution in [3.8, 4) is 11.3 Å². The average Bonchev–Trinajstić information content (AvgIpc) is 2.57. The van der Waals surface area contributed by atoms with Gasteiger partial charge in [0.25, 0.3) is 0 Å². The second-order valence-corrected chi connectivity index (χ2v) is 7.69. The second kappa shape index (κ2) is 7.01. The van der Waals surface area contributed by atoms with E-state index in [1.165, 1.54) is 6.33 Å². The highest BCUT2D eigenvalue weighted by atomic mass is 32.2. The van der Waals surface area contributed by atoms with E-state index in [2.05, 4.69) is 20.0 Å². The Kier molecular flexibility index (Phi) is 4.77. The first-order valence-corrected chi connectivity index (χ1v) is 9.73. The Morgan fingerprint density at radius 3 is 2.58 bits per heavy atom. The molecule has 3 rings (SSSR count). The molecule has 134 valence electrons. The van der Waals surface area contributed by atoms with Gasteiger partial charge in [0.05, 0.1) is 17.6 Å². The molecule has 0 saturated heterocycles. The fourth-order valence-electron chi connectivity index (χ4n) is 2.44. The molecular weight excluding hydrogens is 350 g/mol. The lowest BCUT2D eigenvalue weighted by Gasteiger charge is -2.12. The van der Waals surface area contributed by atoms with E-state index < -0.39 is 10.0 Å². The van der Waals surface area contributed by atoms with Crippen molar-refractivity contribution < 1.29 is 8.42 Å². The topological polar surface area (TPSA) is 110 Å². The van der Waals surface area contributed by atoms with E-state index in [4.69, 9.17) is 5.73 Å². The first-order valence-electron chi connectivity index (χ1n) is 7.83. The van der Waals surface area contributed by atoms with Crippen molar-refractivity contribution >= 4 is 32.9 Å². The number of nitrogens with two attached hydrogens (primary N) is 1. The second-order valence-electron chi connectivity index (χ2n) is 5.94. The first-order chi connectivity index (χ1) is 12.3. The van der Waals surface area contributed by atoms with Gasteiger partial charge in [0.15, 0.2) is 0 Å². The molecule has 0 spiro atoms. The van der Waals surface area contributed by atoms with Gasteiger partial charge in [-0.15, -0.1) is 0 Å². The van der Waals surface area contributed by atoms with E-state index in [9.17, 15) is 8.42 Å². The van der Waals surface area contributed by atoms with Crippen molar-refractivity contribution in [3.05, 3.63) is 60.4 Å². The maximum absolute atomic E-state index is 11.5. The number of hydrogen-bond acceptors (Lipinski definition) is 6. The Bertz CT molecular complexity index is 1050. The molecule has 0 aliphatic carbocycles. The Balaban J connectivity index is 1.88. The van der Waals surface area contributed by atoms with Crippen molar-refractivity contribution in [1.82, 2.24) is 9.97 Å². The van der Waals surface area contributed by atoms with Crippen LogP contribution in [0.25, 0.3) is 11.3 Å². The van der Waals surface area contributed by atoms with Crippen LogP contribution in [0.5, 0.6) is 0 Å². The van der Waals surface area contributed by atoms with Crippen molar-refractivity contribution in [3.63, 3.8) is 0 Å². The summed E-state index contributed by atoms with van der Waals surface area (Å²) in [5.74, 6) is 0.589. The number of aromatic nitrogens is 2. The number of sulfonamides is 1. The quantitative estimate of drug-likeness (QED) is 0.596. The molecule has 0 saturated carbocycles. The predicted octanol–water partition coefficient (Wildman–Crippen LogP) is 3.15. The molecule has 2 aromatic carbocycles. The van der Waals surface area contributed by atoms with Gasteiger partial charge < -0.3 is 11.1 Å². The number of aryl methyl sites for hydroxylation is 1. The summed E-state index contributed by atoms with van der Waals surface area (Å²) >= 11 is 0. The molecule has 0 amide bonds. The average molecular weight is 369 g/mol. The van der Waals surface area contributed by atoms with E-state index in [0.29, 0.717) is 22.9 Å². The first kappa shape index (κ1) is 17.7. The minimum atomic E-state index is -3.35. The van der Waals surface area contributed by atoms with Crippen molar-refractivity contribution in [1.29, 1.82) is 0 Å². The molecule has 4 N–H and O–H groups in total. The minimum Gasteiger partial charge on any atom is -0.399 e. The van der Waals surface area contributed by atoms with Crippen molar-refractivity contribution in [2.75, 3.05) is 22.0 Å². The SMILES string of the molecule is Cc1ccc(Nc2cc(-c3cccc(N)c3)ncn2)cc1NS(C)(=O)=O. The third-order valence-corrected chi connectivity index (χ3v) is 4.25. The number of nitrogens with zero attached hydrogens (tertiary/aromatic N) is 2. The molecule has 7 nitrogen and oxygen atoms in total. The van der Waals surface area contributed by atoms with Gasteiger partial charge in [-0.2, -0.15) is 0 Å². The summed E-state index contributed by atoms with van der Waals surface area (Å²) in [5, 5.41) is 3.16. The van der Waals surface area contributed by atoms with Crippen LogP contribution in [-0.4, -0.2) is 24.6 Å². The van der Waals surface area contributed by atoms with Crippen LogP contribution < -0.4 is 15.8 Å². The molecule has 1 heterocycles. The number of rotatable bonds is 5. The monoisotopic (exact) mass is 369 g/mol. The third kappa shape index (κ3) is 4.48. The maximum Gasteiger partial charge on any atom is 0.229 e. The summed E-state index contributed by atoms with van der Waals surface area (Å²) in [6, 6.07) is 14.6. The van der Waals surface area contributed by atoms with Crippen LogP contribution in [-0.2, 0) is 10.0 Å². The van der Waals surface area contributed by atoms with E-state index in [1.54, 1.807) is 12.1 Å². The molecule has 1 aromatic heterocycles. The summed E-state index contributed by atoms with van der Waals surface area (Å²) in [7, 11) is -3.35. The van der Waals surface area contributed by atoms with E-state index in [0.717, 1.165) is 23.1 Å². The molecule has 0 bridgehead atoms. The van der Waals surface area contributed by atoms with Gasteiger partial charge >= 0.3 is 0 Å². The Labute approximate surface area is 152 Å². The molecular formula is C18H19N5O2S. The number of benzene rings is 2. The van der Waals surface area contributed by atoms with Crippen LogP contribution in [0.2, 0.25) is 0 Å². The molecule has 8 heteroatoms. The van der Waals surface area contributed by atoms with E-state index in [1.807, 2.05) is 43.3 Å². The van der Waals surface area contributed by atoms with Crippen molar-refractivity contribution in [2.45, 2.75) is 6.92 Å². The largest absolute Gasteiger partial charge is 0.399 e. The molecule has 0 atom stereocenters. The summed E-state index contributed by atoms with van der Waals surface area (Å²) in [6.07, 6.45) is 2.58. The van der Waals surface area contributed by atoms with Crippen LogP contribution in [0.4, 0.5) is 22.9 Å². The number of nitrogen functional groups attached to an aromatic ring is 1. The number of anilines is 4. The van der Waals surface area contributed by atoms with Gasteiger partial charge in [-0.05, 0) is 36.8 Å². The van der Waals surface area contributed by atoms with Gasteiger partial charge in [0, 0.05) is 23.0 Å². The van der Waals surface area contributed by atoms with Crippen LogP contribution in [0.3, 0.4) is 0 Å². The summed E-state index contributed by atoms with van der Waals surface area (Å²) in [5.41, 5.74) is 10.1.